The second-order valence-electron chi connectivity index (χ2n) is 5.89. The summed E-state index contributed by atoms with van der Waals surface area (Å²) in [5, 5.41) is 4.48. The number of pyridine rings is 1. The zero-order valence-corrected chi connectivity index (χ0v) is 14.5. The van der Waals surface area contributed by atoms with Gasteiger partial charge in [-0.05, 0) is 35.4 Å². The first-order chi connectivity index (χ1) is 12.7. The minimum Gasteiger partial charge on any atom is -0.350 e. The SMILES string of the molecule is Fc1cc(Cl)ccc1CNc1ncc(Cc2c[nH]c3ncccc23)cn1. The maximum absolute atomic E-state index is 13.8. The Labute approximate surface area is 154 Å². The van der Waals surface area contributed by atoms with Crippen molar-refractivity contribution in [1.82, 2.24) is 19.9 Å². The van der Waals surface area contributed by atoms with Crippen LogP contribution >= 0.6 is 11.6 Å². The highest BCUT2D eigenvalue weighted by Crippen LogP contribution is 2.19. The Kier molecular flexibility index (Phi) is 4.50. The summed E-state index contributed by atoms with van der Waals surface area (Å²) in [6, 6.07) is 8.54. The van der Waals surface area contributed by atoms with Crippen molar-refractivity contribution in [3.8, 4) is 0 Å². The van der Waals surface area contributed by atoms with E-state index in [4.69, 9.17) is 11.6 Å². The summed E-state index contributed by atoms with van der Waals surface area (Å²) in [5.41, 5.74) is 3.50. The van der Waals surface area contributed by atoms with Gasteiger partial charge in [0, 0.05) is 53.7 Å². The Morgan fingerprint density at radius 1 is 1.08 bits per heavy atom. The van der Waals surface area contributed by atoms with Crippen LogP contribution in [0.3, 0.4) is 0 Å². The molecule has 0 bridgehead atoms. The second kappa shape index (κ2) is 7.09. The molecular formula is C19H15ClFN5. The Balaban J connectivity index is 1.43. The molecule has 1 aromatic carbocycles. The maximum Gasteiger partial charge on any atom is 0.222 e. The van der Waals surface area contributed by atoms with E-state index in [2.05, 4.69) is 25.3 Å². The standard InChI is InChI=1S/C19H15ClFN5/c20-15-4-3-13(17(21)7-15)10-26-19-24-8-12(9-25-19)6-14-11-23-18-16(14)2-1-5-22-18/h1-5,7-9,11H,6,10H2,(H,22,23)(H,24,25,26). The number of nitrogens with zero attached hydrogens (tertiary/aromatic N) is 3. The number of aromatic amines is 1. The topological polar surface area (TPSA) is 66.5 Å². The first kappa shape index (κ1) is 16.5. The number of halogens is 2. The first-order valence-electron chi connectivity index (χ1n) is 8.09. The van der Waals surface area contributed by atoms with Crippen molar-refractivity contribution in [2.45, 2.75) is 13.0 Å². The second-order valence-corrected chi connectivity index (χ2v) is 6.33. The third kappa shape index (κ3) is 3.50. The summed E-state index contributed by atoms with van der Waals surface area (Å²) in [7, 11) is 0. The maximum atomic E-state index is 13.8. The van der Waals surface area contributed by atoms with Crippen molar-refractivity contribution >= 4 is 28.6 Å². The van der Waals surface area contributed by atoms with Crippen LogP contribution in [0.2, 0.25) is 5.02 Å². The summed E-state index contributed by atoms with van der Waals surface area (Å²) < 4.78 is 13.8. The van der Waals surface area contributed by atoms with Gasteiger partial charge < -0.3 is 10.3 Å². The van der Waals surface area contributed by atoms with Gasteiger partial charge in [-0.2, -0.15) is 0 Å². The van der Waals surface area contributed by atoms with Gasteiger partial charge in [-0.3, -0.25) is 0 Å². The lowest BCUT2D eigenvalue weighted by Gasteiger charge is -2.07. The molecule has 0 aliphatic heterocycles. The summed E-state index contributed by atoms with van der Waals surface area (Å²) in [6.45, 7) is 0.288. The van der Waals surface area contributed by atoms with Gasteiger partial charge in [0.15, 0.2) is 0 Å². The van der Waals surface area contributed by atoms with Gasteiger partial charge in [0.2, 0.25) is 5.95 Å². The third-order valence-corrected chi connectivity index (χ3v) is 4.32. The minimum atomic E-state index is -0.352. The quantitative estimate of drug-likeness (QED) is 0.550. The highest BCUT2D eigenvalue weighted by Gasteiger charge is 2.07. The van der Waals surface area contributed by atoms with E-state index in [1.165, 1.54) is 6.07 Å². The molecule has 4 rings (SSSR count). The van der Waals surface area contributed by atoms with Crippen LogP contribution in [-0.2, 0) is 13.0 Å². The smallest absolute Gasteiger partial charge is 0.222 e. The number of H-pyrrole nitrogens is 1. The van der Waals surface area contributed by atoms with E-state index in [-0.39, 0.29) is 12.4 Å². The van der Waals surface area contributed by atoms with E-state index in [9.17, 15) is 4.39 Å². The predicted octanol–water partition coefficient (Wildman–Crippen LogP) is 4.35. The largest absolute Gasteiger partial charge is 0.350 e. The third-order valence-electron chi connectivity index (χ3n) is 4.09. The molecular weight excluding hydrogens is 353 g/mol. The summed E-state index contributed by atoms with van der Waals surface area (Å²) >= 11 is 5.75. The number of nitrogens with one attached hydrogen (secondary N) is 2. The lowest BCUT2D eigenvalue weighted by atomic mass is 10.1. The highest BCUT2D eigenvalue weighted by molar-refractivity contribution is 6.30. The van der Waals surface area contributed by atoms with Gasteiger partial charge >= 0.3 is 0 Å². The van der Waals surface area contributed by atoms with Gasteiger partial charge in [-0.15, -0.1) is 0 Å². The van der Waals surface area contributed by atoms with Crippen LogP contribution < -0.4 is 5.32 Å². The Hall–Kier alpha value is -2.99. The van der Waals surface area contributed by atoms with Crippen LogP contribution in [0.25, 0.3) is 11.0 Å². The lowest BCUT2D eigenvalue weighted by Crippen LogP contribution is -2.05. The molecule has 0 aliphatic rings. The molecule has 7 heteroatoms. The van der Waals surface area contributed by atoms with E-state index in [0.717, 1.165) is 22.2 Å². The van der Waals surface area contributed by atoms with E-state index in [1.807, 2.05) is 18.3 Å². The number of aromatic nitrogens is 4. The Morgan fingerprint density at radius 3 is 2.73 bits per heavy atom. The fourth-order valence-corrected chi connectivity index (χ4v) is 2.91. The van der Waals surface area contributed by atoms with Gasteiger partial charge in [-0.1, -0.05) is 17.7 Å². The average Bonchev–Trinajstić information content (AvgIpc) is 3.05. The van der Waals surface area contributed by atoms with Crippen LogP contribution in [0.4, 0.5) is 10.3 Å². The molecule has 130 valence electrons. The fraction of sp³-hybridized carbons (Fsp3) is 0.105. The molecule has 0 fully saturated rings. The predicted molar refractivity (Wildman–Crippen MR) is 99.7 cm³/mol. The molecule has 3 heterocycles. The van der Waals surface area contributed by atoms with E-state index in [1.54, 1.807) is 30.7 Å². The van der Waals surface area contributed by atoms with Crippen molar-refractivity contribution in [2.24, 2.45) is 0 Å². The van der Waals surface area contributed by atoms with Gasteiger partial charge in [0.25, 0.3) is 0 Å². The van der Waals surface area contributed by atoms with Crippen molar-refractivity contribution < 1.29 is 4.39 Å². The molecule has 0 spiro atoms. The summed E-state index contributed by atoms with van der Waals surface area (Å²) in [5.74, 6) is 0.0956. The van der Waals surface area contributed by atoms with Crippen molar-refractivity contribution in [3.05, 3.63) is 82.6 Å². The lowest BCUT2D eigenvalue weighted by molar-refractivity contribution is 0.613. The average molecular weight is 368 g/mol. The highest BCUT2D eigenvalue weighted by atomic mass is 35.5. The van der Waals surface area contributed by atoms with Crippen LogP contribution in [0.1, 0.15) is 16.7 Å². The van der Waals surface area contributed by atoms with Gasteiger partial charge in [0.05, 0.1) is 0 Å². The molecule has 26 heavy (non-hydrogen) atoms. The zero-order valence-electron chi connectivity index (χ0n) is 13.7. The fourth-order valence-electron chi connectivity index (χ4n) is 2.76. The molecule has 3 aromatic heterocycles. The van der Waals surface area contributed by atoms with Crippen LogP contribution in [0, 0.1) is 5.82 Å². The molecule has 5 nitrogen and oxygen atoms in total. The number of rotatable bonds is 5. The number of hydrogen-bond donors (Lipinski definition) is 2. The van der Waals surface area contributed by atoms with E-state index in [0.29, 0.717) is 23.0 Å². The number of hydrogen-bond acceptors (Lipinski definition) is 4. The first-order valence-corrected chi connectivity index (χ1v) is 8.46. The minimum absolute atomic E-state index is 0.288. The molecule has 2 N–H and O–H groups in total. The Morgan fingerprint density at radius 2 is 1.92 bits per heavy atom. The number of benzene rings is 1. The van der Waals surface area contributed by atoms with Crippen LogP contribution in [0.15, 0.2) is 55.1 Å². The molecule has 0 radical (unpaired) electrons. The molecule has 4 aromatic rings. The molecule has 0 unspecified atom stereocenters. The summed E-state index contributed by atoms with van der Waals surface area (Å²) in [6.07, 6.45) is 7.95. The van der Waals surface area contributed by atoms with E-state index < -0.39 is 0 Å². The zero-order chi connectivity index (χ0) is 17.9. The monoisotopic (exact) mass is 367 g/mol. The summed E-state index contributed by atoms with van der Waals surface area (Å²) in [4.78, 5) is 16.1. The molecule has 0 saturated heterocycles. The van der Waals surface area contributed by atoms with Crippen molar-refractivity contribution in [3.63, 3.8) is 0 Å². The molecule has 0 amide bonds. The molecule has 0 atom stereocenters. The van der Waals surface area contributed by atoms with Crippen molar-refractivity contribution in [2.75, 3.05) is 5.32 Å². The molecule has 0 saturated carbocycles. The number of anilines is 1. The van der Waals surface area contributed by atoms with Gasteiger partial charge in [0.1, 0.15) is 11.5 Å². The normalized spacial score (nSPS) is 11.0. The van der Waals surface area contributed by atoms with Crippen LogP contribution in [0.5, 0.6) is 0 Å². The molecule has 0 aliphatic carbocycles. The van der Waals surface area contributed by atoms with E-state index >= 15 is 0 Å². The van der Waals surface area contributed by atoms with Crippen molar-refractivity contribution in [1.29, 1.82) is 0 Å². The number of fused-ring (bicyclic) bond motifs is 1. The van der Waals surface area contributed by atoms with Gasteiger partial charge in [-0.25, -0.2) is 19.3 Å². The van der Waals surface area contributed by atoms with Crippen LogP contribution in [-0.4, -0.2) is 19.9 Å². The Bertz CT molecular complexity index is 1050.